The monoisotopic (exact) mass is 574 g/mol. The summed E-state index contributed by atoms with van der Waals surface area (Å²) in [5.74, 6) is 1.12. The fourth-order valence-electron chi connectivity index (χ4n) is 3.39. The van der Waals surface area contributed by atoms with Crippen LogP contribution in [0.3, 0.4) is 0 Å². The van der Waals surface area contributed by atoms with Gasteiger partial charge >= 0.3 is 0 Å². The van der Waals surface area contributed by atoms with Crippen LogP contribution in [0.25, 0.3) is 12.2 Å². The van der Waals surface area contributed by atoms with E-state index >= 15 is 0 Å². The molecule has 0 unspecified atom stereocenters. The fourth-order valence-corrected chi connectivity index (χ4v) is 4.41. The summed E-state index contributed by atoms with van der Waals surface area (Å²) in [5.41, 5.74) is 3.29. The lowest BCUT2D eigenvalue weighted by Gasteiger charge is -2.17. The van der Waals surface area contributed by atoms with Crippen LogP contribution in [0, 0.1) is 0 Å². The highest BCUT2D eigenvalue weighted by molar-refractivity contribution is 9.10. The second kappa shape index (κ2) is 11.6. The first-order valence-electron chi connectivity index (χ1n) is 10.5. The van der Waals surface area contributed by atoms with Crippen molar-refractivity contribution in [3.8, 4) is 11.5 Å². The van der Waals surface area contributed by atoms with E-state index in [1.807, 2.05) is 36.4 Å². The van der Waals surface area contributed by atoms with E-state index in [1.54, 1.807) is 12.1 Å². The van der Waals surface area contributed by atoms with Gasteiger partial charge in [0.1, 0.15) is 24.7 Å². The van der Waals surface area contributed by atoms with E-state index in [1.165, 1.54) is 13.8 Å². The number of ether oxygens (including phenoxy) is 2. The second-order valence-corrected chi connectivity index (χ2v) is 9.59. The first kappa shape index (κ1) is 25.1. The lowest BCUT2D eigenvalue weighted by atomic mass is 9.87. The number of carbonyl (C=O) groups is 3. The van der Waals surface area contributed by atoms with Gasteiger partial charge in [0.05, 0.1) is 8.95 Å². The molecule has 0 saturated heterocycles. The van der Waals surface area contributed by atoms with Gasteiger partial charge in [0.15, 0.2) is 17.3 Å². The van der Waals surface area contributed by atoms with Gasteiger partial charge in [-0.2, -0.15) is 0 Å². The van der Waals surface area contributed by atoms with Crippen molar-refractivity contribution in [2.75, 3.05) is 13.2 Å². The molecule has 0 spiro atoms. The molecule has 33 heavy (non-hydrogen) atoms. The molecule has 1 aliphatic rings. The molecule has 0 aliphatic heterocycles. The second-order valence-electron chi connectivity index (χ2n) is 7.88. The van der Waals surface area contributed by atoms with Gasteiger partial charge < -0.3 is 9.47 Å². The molecule has 2 aromatic carbocycles. The average molecular weight is 576 g/mol. The van der Waals surface area contributed by atoms with Crippen molar-refractivity contribution in [3.63, 3.8) is 0 Å². The Morgan fingerprint density at radius 1 is 0.818 bits per heavy atom. The number of allylic oxidation sites excluding steroid dienone is 2. The topological polar surface area (TPSA) is 69.7 Å². The van der Waals surface area contributed by atoms with Crippen molar-refractivity contribution in [1.29, 1.82) is 0 Å². The number of hydrogen-bond donors (Lipinski definition) is 0. The zero-order valence-electron chi connectivity index (χ0n) is 18.5. The Morgan fingerprint density at radius 2 is 1.24 bits per heavy atom. The zero-order valence-corrected chi connectivity index (χ0v) is 21.6. The van der Waals surface area contributed by atoms with Gasteiger partial charge in [-0.05, 0) is 113 Å². The third-order valence-corrected chi connectivity index (χ3v) is 6.17. The maximum absolute atomic E-state index is 13.1. The Hall–Kier alpha value is -2.51. The summed E-state index contributed by atoms with van der Waals surface area (Å²) in [5, 5.41) is 0. The molecular formula is C26H24Br2O5. The third kappa shape index (κ3) is 7.24. The molecule has 0 bridgehead atoms. The van der Waals surface area contributed by atoms with Gasteiger partial charge in [-0.1, -0.05) is 12.1 Å². The van der Waals surface area contributed by atoms with Gasteiger partial charge in [0, 0.05) is 11.1 Å². The summed E-state index contributed by atoms with van der Waals surface area (Å²) in [4.78, 5) is 35.4. The summed E-state index contributed by atoms with van der Waals surface area (Å²) >= 11 is 6.94. The summed E-state index contributed by atoms with van der Waals surface area (Å²) in [6, 6.07) is 11.1. The predicted octanol–water partition coefficient (Wildman–Crippen LogP) is 6.37. The van der Waals surface area contributed by atoms with Crippen molar-refractivity contribution in [2.45, 2.75) is 33.1 Å². The number of halogens is 2. The highest BCUT2D eigenvalue weighted by atomic mass is 79.9. The molecule has 2 aromatic rings. The Morgan fingerprint density at radius 3 is 1.61 bits per heavy atom. The van der Waals surface area contributed by atoms with Crippen molar-refractivity contribution < 1.29 is 23.9 Å². The zero-order chi connectivity index (χ0) is 24.0. The largest absolute Gasteiger partial charge is 0.485 e. The van der Waals surface area contributed by atoms with Gasteiger partial charge in [0.2, 0.25) is 0 Å². The molecule has 1 saturated carbocycles. The summed E-state index contributed by atoms with van der Waals surface area (Å²) in [6.45, 7) is 2.99. The number of rotatable bonds is 8. The van der Waals surface area contributed by atoms with Crippen molar-refractivity contribution in [2.24, 2.45) is 0 Å². The van der Waals surface area contributed by atoms with Crippen LogP contribution in [0.5, 0.6) is 11.5 Å². The molecule has 7 heteroatoms. The Labute approximate surface area is 210 Å². The molecule has 5 nitrogen and oxygen atoms in total. The minimum atomic E-state index is -0.0505. The molecule has 1 aliphatic carbocycles. The SMILES string of the molecule is CC(=O)COc1ccc(/C=C2\CCC/C(=C\c3ccc(OCC(C)=O)c(Br)c3)C2=O)cc1Br. The van der Waals surface area contributed by atoms with E-state index in [4.69, 9.17) is 9.47 Å². The number of Topliss-reactive ketones (excluding diaryl/α,β-unsaturated/α-hetero) is 3. The van der Waals surface area contributed by atoms with E-state index in [9.17, 15) is 14.4 Å². The quantitative estimate of drug-likeness (QED) is 0.342. The Balaban J connectivity index is 1.77. The van der Waals surface area contributed by atoms with E-state index in [2.05, 4.69) is 31.9 Å². The first-order chi connectivity index (χ1) is 15.7. The molecule has 172 valence electrons. The van der Waals surface area contributed by atoms with E-state index < -0.39 is 0 Å². The Bertz CT molecular complexity index is 1060. The van der Waals surface area contributed by atoms with Crippen LogP contribution in [0.2, 0.25) is 0 Å². The number of hydrogen-bond acceptors (Lipinski definition) is 5. The molecule has 0 N–H and O–H groups in total. The maximum Gasteiger partial charge on any atom is 0.185 e. The molecule has 3 rings (SSSR count). The molecule has 0 atom stereocenters. The van der Waals surface area contributed by atoms with Crippen LogP contribution in [0.15, 0.2) is 56.5 Å². The van der Waals surface area contributed by atoms with Crippen LogP contribution >= 0.6 is 31.9 Å². The molecule has 0 radical (unpaired) electrons. The predicted molar refractivity (Wildman–Crippen MR) is 135 cm³/mol. The van der Waals surface area contributed by atoms with Crippen molar-refractivity contribution >= 4 is 61.4 Å². The van der Waals surface area contributed by atoms with Crippen LogP contribution < -0.4 is 9.47 Å². The average Bonchev–Trinajstić information content (AvgIpc) is 2.75. The summed E-state index contributed by atoms with van der Waals surface area (Å²) < 4.78 is 12.4. The minimum Gasteiger partial charge on any atom is -0.485 e. The van der Waals surface area contributed by atoms with Gasteiger partial charge in [-0.25, -0.2) is 0 Å². The van der Waals surface area contributed by atoms with Gasteiger partial charge in [-0.3, -0.25) is 14.4 Å². The van der Waals surface area contributed by atoms with Crippen molar-refractivity contribution in [3.05, 3.63) is 67.6 Å². The summed E-state index contributed by atoms with van der Waals surface area (Å²) in [7, 11) is 0. The summed E-state index contributed by atoms with van der Waals surface area (Å²) in [6.07, 6.45) is 6.15. The Kier molecular flexibility index (Phi) is 8.80. The lowest BCUT2D eigenvalue weighted by molar-refractivity contribution is -0.119. The molecule has 0 aromatic heterocycles. The highest BCUT2D eigenvalue weighted by Crippen LogP contribution is 2.32. The van der Waals surface area contributed by atoms with E-state index in [0.717, 1.165) is 50.5 Å². The lowest BCUT2D eigenvalue weighted by Crippen LogP contribution is -2.12. The van der Waals surface area contributed by atoms with Crippen LogP contribution in [-0.4, -0.2) is 30.6 Å². The van der Waals surface area contributed by atoms with Crippen LogP contribution in [-0.2, 0) is 14.4 Å². The molecule has 0 amide bonds. The number of carbonyl (C=O) groups excluding carboxylic acids is 3. The van der Waals surface area contributed by atoms with Crippen LogP contribution in [0.4, 0.5) is 0 Å². The van der Waals surface area contributed by atoms with Gasteiger partial charge in [-0.15, -0.1) is 0 Å². The van der Waals surface area contributed by atoms with Crippen molar-refractivity contribution in [1.82, 2.24) is 0 Å². The fraction of sp³-hybridized carbons (Fsp3) is 0.269. The van der Waals surface area contributed by atoms with E-state index in [-0.39, 0.29) is 30.6 Å². The third-order valence-electron chi connectivity index (χ3n) is 4.93. The minimum absolute atomic E-state index is 0.0195. The maximum atomic E-state index is 13.1. The number of ketones is 3. The highest BCUT2D eigenvalue weighted by Gasteiger charge is 2.21. The normalized spacial score (nSPS) is 16.2. The molecule has 1 fully saturated rings. The number of benzene rings is 2. The molecule has 0 heterocycles. The molecular weight excluding hydrogens is 552 g/mol. The smallest absolute Gasteiger partial charge is 0.185 e. The first-order valence-corrected chi connectivity index (χ1v) is 12.1. The standard InChI is InChI=1S/C26H24Br2O5/c1-16(29)14-32-24-8-6-18(12-22(24)27)10-20-4-3-5-21(26(20)31)11-19-7-9-25(23(28)13-19)33-15-17(2)30/h6-13H,3-5,14-15H2,1-2H3/b20-10+,21-11+. The van der Waals surface area contributed by atoms with E-state index in [0.29, 0.717) is 11.5 Å². The van der Waals surface area contributed by atoms with Crippen LogP contribution in [0.1, 0.15) is 44.2 Å². The van der Waals surface area contributed by atoms with Gasteiger partial charge in [0.25, 0.3) is 0 Å².